The fourth-order valence-electron chi connectivity index (χ4n) is 1.94. The van der Waals surface area contributed by atoms with Gasteiger partial charge in [-0.1, -0.05) is 27.5 Å². The van der Waals surface area contributed by atoms with Crippen LogP contribution >= 0.6 is 38.9 Å². The number of aryl methyl sites for hydroxylation is 1. The van der Waals surface area contributed by atoms with E-state index in [1.165, 1.54) is 0 Å². The maximum absolute atomic E-state index is 6.27. The first-order valence-corrected chi connectivity index (χ1v) is 7.89. The number of methoxy groups -OCH3 is 1. The van der Waals surface area contributed by atoms with Gasteiger partial charge in [-0.15, -0.1) is 11.3 Å². The van der Waals surface area contributed by atoms with Crippen LogP contribution in [0.1, 0.15) is 22.0 Å². The van der Waals surface area contributed by atoms with Crippen molar-refractivity contribution in [2.45, 2.75) is 19.4 Å². The lowest BCUT2D eigenvalue weighted by molar-refractivity contribution is 0.408. The van der Waals surface area contributed by atoms with Crippen LogP contribution < -0.4 is 10.5 Å². The van der Waals surface area contributed by atoms with Crippen molar-refractivity contribution >= 4 is 38.9 Å². The summed E-state index contributed by atoms with van der Waals surface area (Å²) in [5.41, 5.74) is 8.43. The molecule has 0 fully saturated rings. The number of thiophene rings is 1. The molecule has 0 saturated heterocycles. The zero-order chi connectivity index (χ0) is 14.0. The van der Waals surface area contributed by atoms with Gasteiger partial charge in [0.1, 0.15) is 5.75 Å². The minimum absolute atomic E-state index is 0.116. The molecule has 2 aromatic rings. The van der Waals surface area contributed by atoms with Gasteiger partial charge in [0, 0.05) is 15.4 Å². The van der Waals surface area contributed by atoms with E-state index in [-0.39, 0.29) is 6.04 Å². The summed E-state index contributed by atoms with van der Waals surface area (Å²) in [4.78, 5) is 1.03. The molecule has 1 heterocycles. The Morgan fingerprint density at radius 2 is 2.21 bits per heavy atom. The Labute approximate surface area is 130 Å². The summed E-state index contributed by atoms with van der Waals surface area (Å²) in [6.07, 6.45) is 0.697. The standard InChI is InChI=1S/C14H15BrClNOS/c1-8-7-19-14(13(8)16)11(17)6-9-5-10(15)3-4-12(9)18-2/h3-5,7,11H,6,17H2,1-2H3. The van der Waals surface area contributed by atoms with E-state index < -0.39 is 0 Å². The highest BCUT2D eigenvalue weighted by Gasteiger charge is 2.16. The Kier molecular flexibility index (Phi) is 4.90. The van der Waals surface area contributed by atoms with Crippen molar-refractivity contribution in [1.82, 2.24) is 0 Å². The lowest BCUT2D eigenvalue weighted by Crippen LogP contribution is -2.13. The third kappa shape index (κ3) is 3.31. The maximum atomic E-state index is 6.27. The summed E-state index contributed by atoms with van der Waals surface area (Å²) >= 11 is 11.3. The second-order valence-electron chi connectivity index (χ2n) is 4.36. The lowest BCUT2D eigenvalue weighted by atomic mass is 10.0. The molecular formula is C14H15BrClNOS. The monoisotopic (exact) mass is 359 g/mol. The van der Waals surface area contributed by atoms with Crippen LogP contribution in [0.15, 0.2) is 28.1 Å². The van der Waals surface area contributed by atoms with Crippen molar-refractivity contribution in [3.05, 3.63) is 49.1 Å². The van der Waals surface area contributed by atoms with Gasteiger partial charge in [0.15, 0.2) is 0 Å². The minimum Gasteiger partial charge on any atom is -0.496 e. The van der Waals surface area contributed by atoms with Crippen LogP contribution in [0, 0.1) is 6.92 Å². The van der Waals surface area contributed by atoms with Gasteiger partial charge in [-0.25, -0.2) is 0 Å². The molecule has 1 unspecified atom stereocenters. The normalized spacial score (nSPS) is 12.5. The van der Waals surface area contributed by atoms with E-state index in [9.17, 15) is 0 Å². The average Bonchev–Trinajstić information content (AvgIpc) is 2.70. The van der Waals surface area contributed by atoms with Crippen LogP contribution in [-0.2, 0) is 6.42 Å². The van der Waals surface area contributed by atoms with E-state index in [4.69, 9.17) is 22.1 Å². The summed E-state index contributed by atoms with van der Waals surface area (Å²) in [6, 6.07) is 5.81. The third-order valence-corrected chi connectivity index (χ3v) is 5.28. The van der Waals surface area contributed by atoms with Gasteiger partial charge in [-0.3, -0.25) is 0 Å². The second kappa shape index (κ2) is 6.27. The Balaban J connectivity index is 2.26. The summed E-state index contributed by atoms with van der Waals surface area (Å²) < 4.78 is 6.38. The first-order chi connectivity index (χ1) is 9.02. The van der Waals surface area contributed by atoms with Gasteiger partial charge >= 0.3 is 0 Å². The smallest absolute Gasteiger partial charge is 0.122 e. The zero-order valence-corrected chi connectivity index (χ0v) is 13.9. The predicted molar refractivity (Wildman–Crippen MR) is 85.4 cm³/mol. The highest BCUT2D eigenvalue weighted by Crippen LogP contribution is 2.34. The minimum atomic E-state index is -0.116. The maximum Gasteiger partial charge on any atom is 0.122 e. The highest BCUT2D eigenvalue weighted by atomic mass is 79.9. The Morgan fingerprint density at radius 3 is 2.79 bits per heavy atom. The van der Waals surface area contributed by atoms with Gasteiger partial charge in [-0.2, -0.15) is 0 Å². The molecule has 0 aliphatic rings. The number of rotatable bonds is 4. The molecule has 2 rings (SSSR count). The average molecular weight is 361 g/mol. The molecule has 19 heavy (non-hydrogen) atoms. The molecule has 5 heteroatoms. The molecule has 0 amide bonds. The third-order valence-electron chi connectivity index (χ3n) is 2.94. The molecule has 102 valence electrons. The van der Waals surface area contributed by atoms with E-state index in [1.54, 1.807) is 18.4 Å². The molecular weight excluding hydrogens is 346 g/mol. The predicted octanol–water partition coefficient (Wildman–Crippen LogP) is 4.72. The van der Waals surface area contributed by atoms with E-state index in [0.29, 0.717) is 6.42 Å². The molecule has 0 radical (unpaired) electrons. The number of hydrogen-bond acceptors (Lipinski definition) is 3. The Bertz CT molecular complexity index is 585. The molecule has 1 aromatic heterocycles. The van der Waals surface area contributed by atoms with E-state index in [2.05, 4.69) is 15.9 Å². The van der Waals surface area contributed by atoms with Gasteiger partial charge in [0.05, 0.1) is 12.1 Å². The number of halogens is 2. The summed E-state index contributed by atoms with van der Waals surface area (Å²) in [7, 11) is 1.67. The van der Waals surface area contributed by atoms with Crippen LogP contribution in [0.5, 0.6) is 5.75 Å². The van der Waals surface area contributed by atoms with Crippen molar-refractivity contribution < 1.29 is 4.74 Å². The Morgan fingerprint density at radius 1 is 1.47 bits per heavy atom. The van der Waals surface area contributed by atoms with Crippen molar-refractivity contribution in [1.29, 1.82) is 0 Å². The van der Waals surface area contributed by atoms with Gasteiger partial charge < -0.3 is 10.5 Å². The van der Waals surface area contributed by atoms with Crippen LogP contribution in [0.2, 0.25) is 5.02 Å². The van der Waals surface area contributed by atoms with Crippen LogP contribution in [-0.4, -0.2) is 7.11 Å². The number of nitrogens with two attached hydrogens (primary N) is 1. The number of ether oxygens (including phenoxy) is 1. The van der Waals surface area contributed by atoms with Gasteiger partial charge in [0.25, 0.3) is 0 Å². The van der Waals surface area contributed by atoms with Crippen LogP contribution in [0.4, 0.5) is 0 Å². The van der Waals surface area contributed by atoms with Crippen molar-refractivity contribution in [3.8, 4) is 5.75 Å². The first-order valence-electron chi connectivity index (χ1n) is 5.84. The molecule has 0 aliphatic heterocycles. The number of benzene rings is 1. The molecule has 0 bridgehead atoms. The van der Waals surface area contributed by atoms with Gasteiger partial charge in [0.2, 0.25) is 0 Å². The molecule has 2 nitrogen and oxygen atoms in total. The summed E-state index contributed by atoms with van der Waals surface area (Å²) in [5, 5.41) is 2.82. The SMILES string of the molecule is COc1ccc(Br)cc1CC(N)c1scc(C)c1Cl. The van der Waals surface area contributed by atoms with Crippen LogP contribution in [0.3, 0.4) is 0 Å². The van der Waals surface area contributed by atoms with E-state index >= 15 is 0 Å². The fourth-order valence-corrected chi connectivity index (χ4v) is 3.68. The summed E-state index contributed by atoms with van der Waals surface area (Å²) in [6.45, 7) is 1.99. The lowest BCUT2D eigenvalue weighted by Gasteiger charge is -2.14. The van der Waals surface area contributed by atoms with Gasteiger partial charge in [-0.05, 0) is 48.1 Å². The van der Waals surface area contributed by atoms with E-state index in [0.717, 1.165) is 31.2 Å². The first kappa shape index (κ1) is 14.9. The Hall–Kier alpha value is -0.550. The molecule has 0 saturated carbocycles. The van der Waals surface area contributed by atoms with Crippen molar-refractivity contribution in [3.63, 3.8) is 0 Å². The molecule has 1 aromatic carbocycles. The molecule has 0 spiro atoms. The summed E-state index contributed by atoms with van der Waals surface area (Å²) in [5.74, 6) is 0.850. The van der Waals surface area contributed by atoms with Crippen molar-refractivity contribution in [2.24, 2.45) is 5.73 Å². The highest BCUT2D eigenvalue weighted by molar-refractivity contribution is 9.10. The zero-order valence-electron chi connectivity index (χ0n) is 10.7. The largest absolute Gasteiger partial charge is 0.496 e. The number of hydrogen-bond donors (Lipinski definition) is 1. The second-order valence-corrected chi connectivity index (χ2v) is 6.57. The molecule has 0 aliphatic carbocycles. The van der Waals surface area contributed by atoms with Crippen molar-refractivity contribution in [2.75, 3.05) is 7.11 Å². The quantitative estimate of drug-likeness (QED) is 0.856. The molecule has 2 N–H and O–H groups in total. The van der Waals surface area contributed by atoms with Crippen LogP contribution in [0.25, 0.3) is 0 Å². The van der Waals surface area contributed by atoms with E-state index in [1.807, 2.05) is 30.5 Å². The topological polar surface area (TPSA) is 35.2 Å². The fraction of sp³-hybridized carbons (Fsp3) is 0.286. The molecule has 1 atom stereocenters.